The van der Waals surface area contributed by atoms with E-state index in [9.17, 15) is 4.79 Å². The molecular formula is C17H25N2O2+. The summed E-state index contributed by atoms with van der Waals surface area (Å²) in [5.41, 5.74) is 2.69. The van der Waals surface area contributed by atoms with Gasteiger partial charge in [-0.25, -0.2) is 0 Å². The van der Waals surface area contributed by atoms with Gasteiger partial charge in [-0.2, -0.15) is 0 Å². The summed E-state index contributed by atoms with van der Waals surface area (Å²) in [6.07, 6.45) is 3.29. The topological polar surface area (TPSA) is 42.8 Å². The smallest absolute Gasteiger partial charge is 0.278 e. The van der Waals surface area contributed by atoms with E-state index in [2.05, 4.69) is 35.7 Å². The molecule has 114 valence electrons. The molecule has 2 atom stereocenters. The standard InChI is InChI=1S/C17H24N2O2/c1-14(17(20)18-10-13-21-2)19-11-8-16(9-12-19)15-6-4-3-5-7-15/h3-8,14H,9-13H2,1-2H3,(H,18,20)/p+1/t14-/m1/s1. The van der Waals surface area contributed by atoms with Gasteiger partial charge in [-0.3, -0.25) is 4.79 Å². The highest BCUT2D eigenvalue weighted by Crippen LogP contribution is 2.17. The number of ether oxygens (including phenoxy) is 1. The van der Waals surface area contributed by atoms with E-state index >= 15 is 0 Å². The van der Waals surface area contributed by atoms with E-state index in [1.54, 1.807) is 7.11 Å². The van der Waals surface area contributed by atoms with Crippen molar-refractivity contribution >= 4 is 11.5 Å². The minimum Gasteiger partial charge on any atom is -0.383 e. The van der Waals surface area contributed by atoms with Crippen LogP contribution >= 0.6 is 0 Å². The van der Waals surface area contributed by atoms with Gasteiger partial charge in [-0.05, 0) is 24.1 Å². The Kier molecular flexibility index (Phi) is 5.96. The molecule has 0 spiro atoms. The first kappa shape index (κ1) is 15.7. The van der Waals surface area contributed by atoms with Gasteiger partial charge in [0, 0.05) is 20.1 Å². The second-order valence-corrected chi connectivity index (χ2v) is 5.46. The highest BCUT2D eigenvalue weighted by molar-refractivity contribution is 5.80. The van der Waals surface area contributed by atoms with Crippen LogP contribution in [-0.4, -0.2) is 45.3 Å². The molecule has 0 saturated carbocycles. The van der Waals surface area contributed by atoms with Gasteiger partial charge in [-0.15, -0.1) is 0 Å². The number of hydrogen-bond acceptors (Lipinski definition) is 2. The van der Waals surface area contributed by atoms with Crippen LogP contribution in [-0.2, 0) is 9.53 Å². The number of quaternary nitrogens is 1. The summed E-state index contributed by atoms with van der Waals surface area (Å²) in [6, 6.07) is 10.5. The maximum absolute atomic E-state index is 12.1. The largest absolute Gasteiger partial charge is 0.383 e. The molecule has 0 aromatic heterocycles. The van der Waals surface area contributed by atoms with E-state index in [1.807, 2.05) is 13.0 Å². The Morgan fingerprint density at radius 1 is 1.38 bits per heavy atom. The normalized spacial score (nSPS) is 19.7. The number of benzene rings is 1. The Balaban J connectivity index is 1.88. The lowest BCUT2D eigenvalue weighted by Gasteiger charge is -2.28. The quantitative estimate of drug-likeness (QED) is 0.750. The molecule has 0 aliphatic carbocycles. The van der Waals surface area contributed by atoms with Gasteiger partial charge in [0.25, 0.3) is 5.91 Å². The van der Waals surface area contributed by atoms with E-state index < -0.39 is 0 Å². The third kappa shape index (κ3) is 4.41. The zero-order valence-electron chi connectivity index (χ0n) is 12.9. The number of amides is 1. The predicted molar refractivity (Wildman–Crippen MR) is 84.1 cm³/mol. The van der Waals surface area contributed by atoms with Crippen LogP contribution in [0, 0.1) is 0 Å². The molecule has 2 rings (SSSR count). The molecule has 4 heteroatoms. The van der Waals surface area contributed by atoms with Crippen molar-refractivity contribution in [1.82, 2.24) is 5.32 Å². The van der Waals surface area contributed by atoms with Crippen LogP contribution in [0.25, 0.3) is 5.57 Å². The van der Waals surface area contributed by atoms with Crippen LogP contribution in [0.5, 0.6) is 0 Å². The summed E-state index contributed by atoms with van der Waals surface area (Å²) in [6.45, 7) is 5.05. The number of hydrogen-bond donors (Lipinski definition) is 2. The molecule has 2 N–H and O–H groups in total. The Bertz CT molecular complexity index is 485. The maximum Gasteiger partial charge on any atom is 0.278 e. The average Bonchev–Trinajstić information content (AvgIpc) is 2.55. The number of methoxy groups -OCH3 is 1. The van der Waals surface area contributed by atoms with Gasteiger partial charge in [0.1, 0.15) is 0 Å². The first-order valence-corrected chi connectivity index (χ1v) is 7.58. The van der Waals surface area contributed by atoms with Gasteiger partial charge < -0.3 is 15.0 Å². The number of carbonyl (C=O) groups is 1. The first-order valence-electron chi connectivity index (χ1n) is 7.58. The van der Waals surface area contributed by atoms with E-state index in [1.165, 1.54) is 16.0 Å². The van der Waals surface area contributed by atoms with Crippen molar-refractivity contribution in [1.29, 1.82) is 0 Å². The number of nitrogens with one attached hydrogen (secondary N) is 2. The third-order valence-corrected chi connectivity index (χ3v) is 4.08. The maximum atomic E-state index is 12.1. The summed E-state index contributed by atoms with van der Waals surface area (Å²) in [5, 5.41) is 2.92. The zero-order chi connectivity index (χ0) is 15.1. The van der Waals surface area contributed by atoms with E-state index in [0.29, 0.717) is 13.2 Å². The SMILES string of the molecule is COCCNC(=O)[C@@H](C)[NH+]1CC=C(c2ccccc2)CC1. The van der Waals surface area contributed by atoms with Crippen LogP contribution in [0.4, 0.5) is 0 Å². The molecule has 1 unspecified atom stereocenters. The summed E-state index contributed by atoms with van der Waals surface area (Å²) >= 11 is 0. The Morgan fingerprint density at radius 3 is 2.76 bits per heavy atom. The predicted octanol–water partition coefficient (Wildman–Crippen LogP) is 0.510. The van der Waals surface area contributed by atoms with E-state index in [0.717, 1.165) is 19.5 Å². The highest BCUT2D eigenvalue weighted by Gasteiger charge is 2.26. The van der Waals surface area contributed by atoms with Gasteiger partial charge in [0.2, 0.25) is 0 Å². The molecule has 0 fully saturated rings. The van der Waals surface area contributed by atoms with Crippen molar-refractivity contribution in [3.8, 4) is 0 Å². The summed E-state index contributed by atoms with van der Waals surface area (Å²) < 4.78 is 4.95. The Hall–Kier alpha value is -1.65. The monoisotopic (exact) mass is 289 g/mol. The second-order valence-electron chi connectivity index (χ2n) is 5.46. The highest BCUT2D eigenvalue weighted by atomic mass is 16.5. The van der Waals surface area contributed by atoms with Gasteiger partial charge in [-0.1, -0.05) is 30.3 Å². The fourth-order valence-electron chi connectivity index (χ4n) is 2.68. The average molecular weight is 289 g/mol. The molecule has 4 nitrogen and oxygen atoms in total. The van der Waals surface area contributed by atoms with Crippen molar-refractivity contribution < 1.29 is 14.4 Å². The zero-order valence-corrected chi connectivity index (χ0v) is 12.9. The lowest BCUT2D eigenvalue weighted by atomic mass is 9.99. The molecule has 1 aromatic carbocycles. The summed E-state index contributed by atoms with van der Waals surface area (Å²) in [4.78, 5) is 13.4. The molecule has 1 amide bonds. The first-order chi connectivity index (χ1) is 10.2. The van der Waals surface area contributed by atoms with Gasteiger partial charge in [0.15, 0.2) is 6.04 Å². The summed E-state index contributed by atoms with van der Waals surface area (Å²) in [7, 11) is 1.64. The van der Waals surface area contributed by atoms with E-state index in [-0.39, 0.29) is 11.9 Å². The fourth-order valence-corrected chi connectivity index (χ4v) is 2.68. The van der Waals surface area contributed by atoms with Crippen LogP contribution < -0.4 is 10.2 Å². The molecule has 1 aromatic rings. The number of carbonyl (C=O) groups excluding carboxylic acids is 1. The Morgan fingerprint density at radius 2 is 2.14 bits per heavy atom. The molecule has 1 aliphatic rings. The van der Waals surface area contributed by atoms with Crippen LogP contribution in [0.3, 0.4) is 0 Å². The third-order valence-electron chi connectivity index (χ3n) is 4.08. The van der Waals surface area contributed by atoms with Crippen LogP contribution in [0.1, 0.15) is 18.9 Å². The van der Waals surface area contributed by atoms with Crippen LogP contribution in [0.15, 0.2) is 36.4 Å². The Labute approximate surface area is 126 Å². The lowest BCUT2D eigenvalue weighted by molar-refractivity contribution is -0.909. The van der Waals surface area contributed by atoms with Gasteiger partial charge >= 0.3 is 0 Å². The van der Waals surface area contributed by atoms with Gasteiger partial charge in [0.05, 0.1) is 19.7 Å². The minimum atomic E-state index is -0.0181. The molecule has 0 saturated heterocycles. The molecule has 0 radical (unpaired) electrons. The molecule has 1 aliphatic heterocycles. The van der Waals surface area contributed by atoms with Crippen molar-refractivity contribution in [2.75, 3.05) is 33.4 Å². The van der Waals surface area contributed by atoms with Crippen molar-refractivity contribution in [3.05, 3.63) is 42.0 Å². The van der Waals surface area contributed by atoms with Crippen molar-refractivity contribution in [2.24, 2.45) is 0 Å². The van der Waals surface area contributed by atoms with Crippen LogP contribution in [0.2, 0.25) is 0 Å². The number of rotatable bonds is 6. The molecular weight excluding hydrogens is 264 g/mol. The van der Waals surface area contributed by atoms with Crippen molar-refractivity contribution in [2.45, 2.75) is 19.4 Å². The van der Waals surface area contributed by atoms with Crippen molar-refractivity contribution in [3.63, 3.8) is 0 Å². The lowest BCUT2D eigenvalue weighted by Crippen LogP contribution is -3.17. The molecule has 21 heavy (non-hydrogen) atoms. The second kappa shape index (κ2) is 7.96. The van der Waals surface area contributed by atoms with E-state index in [4.69, 9.17) is 4.74 Å². The fraction of sp³-hybridized carbons (Fsp3) is 0.471. The molecule has 0 bridgehead atoms. The summed E-state index contributed by atoms with van der Waals surface area (Å²) in [5.74, 6) is 0.110. The molecule has 1 heterocycles. The minimum absolute atomic E-state index is 0.0181.